The average molecular weight is 436 g/mol. The first-order valence-corrected chi connectivity index (χ1v) is 11.9. The molecule has 0 bridgehead atoms. The van der Waals surface area contributed by atoms with Gasteiger partial charge in [-0.15, -0.1) is 0 Å². The Morgan fingerprint density at radius 3 is 2.84 bits per heavy atom. The number of sulfonamides is 1. The molecule has 1 aromatic carbocycles. The molecule has 4 aromatic rings. The fourth-order valence-corrected chi connectivity index (χ4v) is 6.37. The highest BCUT2D eigenvalue weighted by Gasteiger charge is 2.38. The summed E-state index contributed by atoms with van der Waals surface area (Å²) in [5, 5.41) is 6.80. The molecule has 0 unspecified atom stereocenters. The van der Waals surface area contributed by atoms with Gasteiger partial charge in [-0.3, -0.25) is 5.10 Å². The quantitative estimate of drug-likeness (QED) is 0.516. The molecule has 1 N–H and O–H groups in total. The molecule has 4 heterocycles. The fourth-order valence-electron chi connectivity index (χ4n) is 4.55. The zero-order chi connectivity index (χ0) is 21.6. The number of fused-ring (bicyclic) bond motifs is 1. The zero-order valence-corrected chi connectivity index (χ0v) is 18.4. The summed E-state index contributed by atoms with van der Waals surface area (Å²) in [6.45, 7) is 5.20. The van der Waals surface area contributed by atoms with Gasteiger partial charge in [-0.05, 0) is 62.1 Å². The number of rotatable bonds is 5. The van der Waals surface area contributed by atoms with Gasteiger partial charge in [-0.2, -0.15) is 9.40 Å². The normalized spacial score (nSPS) is 19.9. The van der Waals surface area contributed by atoms with Crippen LogP contribution in [0.4, 0.5) is 0 Å². The minimum absolute atomic E-state index is 0.0249. The third-order valence-electron chi connectivity index (χ3n) is 6.07. The van der Waals surface area contributed by atoms with Gasteiger partial charge in [0.1, 0.15) is 0 Å². The van der Waals surface area contributed by atoms with Gasteiger partial charge in [0.2, 0.25) is 10.0 Å². The second-order valence-electron chi connectivity index (χ2n) is 8.40. The topological polar surface area (TPSA) is 83.9 Å². The zero-order valence-electron chi connectivity index (χ0n) is 17.6. The second-order valence-corrected chi connectivity index (χ2v) is 10.3. The molecule has 1 aliphatic rings. The second kappa shape index (κ2) is 7.62. The van der Waals surface area contributed by atoms with Crippen molar-refractivity contribution in [1.29, 1.82) is 0 Å². The van der Waals surface area contributed by atoms with Crippen molar-refractivity contribution >= 4 is 21.1 Å². The summed E-state index contributed by atoms with van der Waals surface area (Å²) in [7, 11) is -3.49. The van der Waals surface area contributed by atoms with Gasteiger partial charge in [-0.1, -0.05) is 12.1 Å². The molecule has 0 radical (unpaired) electrons. The summed E-state index contributed by atoms with van der Waals surface area (Å²) in [5.74, 6) is 0.249. The number of pyridine rings is 1. The Hall–Kier alpha value is -2.97. The van der Waals surface area contributed by atoms with E-state index in [0.717, 1.165) is 40.8 Å². The van der Waals surface area contributed by atoms with Gasteiger partial charge in [0.25, 0.3) is 0 Å². The maximum atomic E-state index is 13.2. The Labute approximate surface area is 181 Å². The first kappa shape index (κ1) is 20.0. The lowest BCUT2D eigenvalue weighted by Gasteiger charge is -2.21. The number of nitrogens with zero attached hydrogens (tertiary/aromatic N) is 4. The predicted molar refractivity (Wildman–Crippen MR) is 120 cm³/mol. The maximum absolute atomic E-state index is 13.2. The Bertz CT molecular complexity index is 1330. The van der Waals surface area contributed by atoms with Crippen molar-refractivity contribution in [2.45, 2.75) is 37.8 Å². The Morgan fingerprint density at radius 1 is 1.19 bits per heavy atom. The van der Waals surface area contributed by atoms with Crippen LogP contribution in [0.25, 0.3) is 22.3 Å². The molecule has 0 amide bonds. The summed E-state index contributed by atoms with van der Waals surface area (Å²) in [5.41, 5.74) is 4.76. The fraction of sp³-hybridized carbons (Fsp3) is 0.304. The summed E-state index contributed by atoms with van der Waals surface area (Å²) in [4.78, 5) is 5.12. The standard InChI is InChI=1S/C23H25N5O2S/c1-16-4-3-5-20(10-16)31(29,30)28-15-18(11-17(28)2)14-27-9-8-22-23(27)7-6-21(26-22)19-12-24-25-13-19/h3-10,12-13,17-18H,11,14-15H2,1-2H3,(H,24,25)/t17-,18+/m0/s1. The molecule has 5 rings (SSSR count). The van der Waals surface area contributed by atoms with Crippen LogP contribution < -0.4 is 0 Å². The first-order valence-electron chi connectivity index (χ1n) is 10.5. The van der Waals surface area contributed by atoms with E-state index in [0.29, 0.717) is 11.4 Å². The molecule has 160 valence electrons. The number of hydrogen-bond acceptors (Lipinski definition) is 4. The van der Waals surface area contributed by atoms with E-state index in [2.05, 4.69) is 20.8 Å². The highest BCUT2D eigenvalue weighted by molar-refractivity contribution is 7.89. The van der Waals surface area contributed by atoms with E-state index in [1.807, 2.05) is 44.4 Å². The highest BCUT2D eigenvalue weighted by Crippen LogP contribution is 2.31. The largest absolute Gasteiger partial charge is 0.346 e. The van der Waals surface area contributed by atoms with Gasteiger partial charge in [0.15, 0.2) is 0 Å². The molecule has 1 aliphatic heterocycles. The lowest BCUT2D eigenvalue weighted by Crippen LogP contribution is -2.34. The molecule has 0 spiro atoms. The molecule has 31 heavy (non-hydrogen) atoms. The molecule has 1 saturated heterocycles. The van der Waals surface area contributed by atoms with Crippen LogP contribution in [-0.2, 0) is 16.6 Å². The monoisotopic (exact) mass is 435 g/mol. The van der Waals surface area contributed by atoms with Crippen LogP contribution in [0, 0.1) is 12.8 Å². The van der Waals surface area contributed by atoms with Gasteiger partial charge < -0.3 is 4.57 Å². The minimum Gasteiger partial charge on any atom is -0.346 e. The van der Waals surface area contributed by atoms with E-state index < -0.39 is 10.0 Å². The van der Waals surface area contributed by atoms with Crippen LogP contribution in [0.1, 0.15) is 18.9 Å². The third kappa shape index (κ3) is 3.66. The first-order chi connectivity index (χ1) is 14.9. The van der Waals surface area contributed by atoms with Crippen LogP contribution in [0.3, 0.4) is 0 Å². The summed E-state index contributed by atoms with van der Waals surface area (Å²) in [6, 6.07) is 13.2. The number of aromatic amines is 1. The van der Waals surface area contributed by atoms with Crippen molar-refractivity contribution in [2.24, 2.45) is 5.92 Å². The lowest BCUT2D eigenvalue weighted by atomic mass is 10.1. The average Bonchev–Trinajstić information content (AvgIpc) is 3.49. The lowest BCUT2D eigenvalue weighted by molar-refractivity contribution is 0.399. The molecule has 0 saturated carbocycles. The number of nitrogens with one attached hydrogen (secondary N) is 1. The van der Waals surface area contributed by atoms with Crippen LogP contribution in [-0.4, -0.2) is 45.1 Å². The van der Waals surface area contributed by atoms with Crippen LogP contribution in [0.2, 0.25) is 0 Å². The van der Waals surface area contributed by atoms with Crippen molar-refractivity contribution in [3.8, 4) is 11.3 Å². The Morgan fingerprint density at radius 2 is 2.06 bits per heavy atom. The summed E-state index contributed by atoms with van der Waals surface area (Å²) in [6.07, 6.45) is 6.47. The predicted octanol–water partition coefficient (Wildman–Crippen LogP) is 3.83. The number of benzene rings is 1. The van der Waals surface area contributed by atoms with Crippen LogP contribution >= 0.6 is 0 Å². The van der Waals surface area contributed by atoms with E-state index in [-0.39, 0.29) is 12.0 Å². The number of H-pyrrole nitrogens is 1. The molecule has 0 aliphatic carbocycles. The van der Waals surface area contributed by atoms with Crippen molar-refractivity contribution in [2.75, 3.05) is 6.54 Å². The molecule has 8 heteroatoms. The van der Waals surface area contributed by atoms with E-state index in [9.17, 15) is 8.42 Å². The van der Waals surface area contributed by atoms with Crippen molar-refractivity contribution in [3.63, 3.8) is 0 Å². The van der Waals surface area contributed by atoms with Crippen molar-refractivity contribution < 1.29 is 8.42 Å². The minimum atomic E-state index is -3.49. The van der Waals surface area contributed by atoms with Gasteiger partial charge >= 0.3 is 0 Å². The smallest absolute Gasteiger partial charge is 0.243 e. The number of hydrogen-bond donors (Lipinski definition) is 1. The van der Waals surface area contributed by atoms with Crippen molar-refractivity contribution in [3.05, 3.63) is 66.6 Å². The van der Waals surface area contributed by atoms with Crippen LogP contribution in [0.15, 0.2) is 66.0 Å². The van der Waals surface area contributed by atoms with Gasteiger partial charge in [0, 0.05) is 37.1 Å². The number of aromatic nitrogens is 4. The highest BCUT2D eigenvalue weighted by atomic mass is 32.2. The van der Waals surface area contributed by atoms with Crippen molar-refractivity contribution in [1.82, 2.24) is 24.1 Å². The van der Waals surface area contributed by atoms with E-state index in [1.165, 1.54) is 0 Å². The summed E-state index contributed by atoms with van der Waals surface area (Å²) >= 11 is 0. The Balaban J connectivity index is 1.36. The molecular weight excluding hydrogens is 410 g/mol. The number of aryl methyl sites for hydroxylation is 1. The Kier molecular flexibility index (Phi) is 4.91. The summed E-state index contributed by atoms with van der Waals surface area (Å²) < 4.78 is 30.3. The van der Waals surface area contributed by atoms with E-state index in [4.69, 9.17) is 4.98 Å². The SMILES string of the molecule is Cc1cccc(S(=O)(=O)N2C[C@@H](Cn3ccc4nc(-c5cn[nH]c5)ccc43)C[C@@H]2C)c1. The van der Waals surface area contributed by atoms with Crippen LogP contribution in [0.5, 0.6) is 0 Å². The molecule has 2 atom stereocenters. The third-order valence-corrected chi connectivity index (χ3v) is 8.05. The van der Waals surface area contributed by atoms with E-state index in [1.54, 1.807) is 28.7 Å². The molecule has 3 aromatic heterocycles. The molecule has 1 fully saturated rings. The molecular formula is C23H25N5O2S. The van der Waals surface area contributed by atoms with Gasteiger partial charge in [-0.25, -0.2) is 13.4 Å². The molecule has 7 nitrogen and oxygen atoms in total. The van der Waals surface area contributed by atoms with Gasteiger partial charge in [0.05, 0.1) is 27.8 Å². The van der Waals surface area contributed by atoms with E-state index >= 15 is 0 Å². The maximum Gasteiger partial charge on any atom is 0.243 e.